The van der Waals surface area contributed by atoms with Gasteiger partial charge in [0, 0.05) is 40.4 Å². The second kappa shape index (κ2) is 9.61. The van der Waals surface area contributed by atoms with Gasteiger partial charge in [0.1, 0.15) is 0 Å². The topological polar surface area (TPSA) is 114 Å². The molecule has 9 heteroatoms. The first-order chi connectivity index (χ1) is 13.3. The fourth-order valence-electron chi connectivity index (χ4n) is 2.26. The molecule has 0 fully saturated rings. The smallest absolute Gasteiger partial charge is 0.271 e. The van der Waals surface area contributed by atoms with Crippen LogP contribution in [-0.4, -0.2) is 23.0 Å². The molecule has 2 aromatic rings. The standard InChI is InChI=1S/C19H19ClN4O4/c1-12(2)9-18(25)22-15-5-3-13(4-6-15)19(26)23-21-11-14-10-16(24(27)28)7-8-17(14)20/h3-8,10-12H,9H2,1-2H3,(H,22,25)(H,23,26). The fourth-order valence-corrected chi connectivity index (χ4v) is 2.42. The van der Waals surface area contributed by atoms with Crippen molar-refractivity contribution in [2.45, 2.75) is 20.3 Å². The van der Waals surface area contributed by atoms with E-state index in [0.29, 0.717) is 23.2 Å². The van der Waals surface area contributed by atoms with Crippen LogP contribution in [0.1, 0.15) is 36.2 Å². The first-order valence-corrected chi connectivity index (χ1v) is 8.81. The molecule has 0 aliphatic rings. The van der Waals surface area contributed by atoms with E-state index in [4.69, 9.17) is 11.6 Å². The average molecular weight is 403 g/mol. The van der Waals surface area contributed by atoms with Gasteiger partial charge < -0.3 is 5.32 Å². The SMILES string of the molecule is CC(C)CC(=O)Nc1ccc(C(=O)NN=Cc2cc([N+](=O)[O-])ccc2Cl)cc1. The van der Waals surface area contributed by atoms with Crippen molar-refractivity contribution in [3.05, 3.63) is 68.7 Å². The predicted octanol–water partition coefficient (Wildman–Crippen LogP) is 4.00. The quantitative estimate of drug-likeness (QED) is 0.414. The lowest BCUT2D eigenvalue weighted by molar-refractivity contribution is -0.384. The van der Waals surface area contributed by atoms with Crippen molar-refractivity contribution >= 4 is 41.0 Å². The molecule has 0 bridgehead atoms. The fraction of sp³-hybridized carbons (Fsp3) is 0.211. The lowest BCUT2D eigenvalue weighted by Gasteiger charge is -2.07. The molecule has 0 saturated heterocycles. The minimum absolute atomic E-state index is 0.0920. The minimum atomic E-state index is -0.548. The molecule has 0 heterocycles. The number of hydrazone groups is 1. The highest BCUT2D eigenvalue weighted by molar-refractivity contribution is 6.33. The van der Waals surface area contributed by atoms with Crippen LogP contribution in [0.4, 0.5) is 11.4 Å². The third kappa shape index (κ3) is 6.17. The lowest BCUT2D eigenvalue weighted by atomic mass is 10.1. The maximum absolute atomic E-state index is 12.1. The number of halogens is 1. The largest absolute Gasteiger partial charge is 0.326 e. The number of nitrogens with zero attached hydrogens (tertiary/aromatic N) is 2. The summed E-state index contributed by atoms with van der Waals surface area (Å²) in [6.07, 6.45) is 1.64. The van der Waals surface area contributed by atoms with Crippen LogP contribution in [-0.2, 0) is 4.79 Å². The summed E-state index contributed by atoms with van der Waals surface area (Å²) in [5.41, 5.74) is 3.43. The first kappa shape index (κ1) is 21.0. The van der Waals surface area contributed by atoms with Crippen LogP contribution in [0.2, 0.25) is 5.02 Å². The molecule has 146 valence electrons. The van der Waals surface area contributed by atoms with Crippen LogP contribution in [0.5, 0.6) is 0 Å². The highest BCUT2D eigenvalue weighted by Gasteiger charge is 2.09. The third-order valence-electron chi connectivity index (χ3n) is 3.58. The Kier molecular flexibility index (Phi) is 7.22. The van der Waals surface area contributed by atoms with Gasteiger partial charge in [-0.3, -0.25) is 19.7 Å². The normalized spacial score (nSPS) is 10.9. The van der Waals surface area contributed by atoms with Gasteiger partial charge in [-0.15, -0.1) is 0 Å². The number of anilines is 1. The van der Waals surface area contributed by atoms with E-state index in [1.165, 1.54) is 24.4 Å². The Balaban J connectivity index is 1.98. The van der Waals surface area contributed by atoms with Crippen LogP contribution in [0.25, 0.3) is 0 Å². The number of carbonyl (C=O) groups excluding carboxylic acids is 2. The Labute approximate surface area is 166 Å². The lowest BCUT2D eigenvalue weighted by Crippen LogP contribution is -2.18. The molecule has 8 nitrogen and oxygen atoms in total. The summed E-state index contributed by atoms with van der Waals surface area (Å²) in [4.78, 5) is 34.1. The van der Waals surface area contributed by atoms with E-state index in [-0.39, 0.29) is 22.5 Å². The van der Waals surface area contributed by atoms with Crippen LogP contribution >= 0.6 is 11.6 Å². The molecule has 2 rings (SSSR count). The Morgan fingerprint density at radius 3 is 2.50 bits per heavy atom. The molecule has 0 aliphatic carbocycles. The Morgan fingerprint density at radius 2 is 1.89 bits per heavy atom. The van der Waals surface area contributed by atoms with Crippen LogP contribution in [0.3, 0.4) is 0 Å². The van der Waals surface area contributed by atoms with Gasteiger partial charge in [-0.05, 0) is 36.2 Å². The number of non-ortho nitro benzene ring substituents is 1. The summed E-state index contributed by atoms with van der Waals surface area (Å²) in [6, 6.07) is 10.3. The van der Waals surface area contributed by atoms with Crippen molar-refractivity contribution in [2.24, 2.45) is 11.0 Å². The van der Waals surface area contributed by atoms with E-state index in [1.807, 2.05) is 13.8 Å². The summed E-state index contributed by atoms with van der Waals surface area (Å²) < 4.78 is 0. The zero-order chi connectivity index (χ0) is 20.7. The van der Waals surface area contributed by atoms with E-state index < -0.39 is 10.8 Å². The molecule has 0 aromatic heterocycles. The van der Waals surface area contributed by atoms with Crippen LogP contribution < -0.4 is 10.7 Å². The van der Waals surface area contributed by atoms with Gasteiger partial charge in [-0.1, -0.05) is 25.4 Å². The molecule has 0 unspecified atom stereocenters. The van der Waals surface area contributed by atoms with Crippen molar-refractivity contribution in [2.75, 3.05) is 5.32 Å². The zero-order valence-corrected chi connectivity index (χ0v) is 16.1. The molecular formula is C19H19ClN4O4. The van der Waals surface area contributed by atoms with Gasteiger partial charge in [0.05, 0.1) is 11.1 Å². The number of benzene rings is 2. The molecule has 2 aromatic carbocycles. The number of nitrogens with one attached hydrogen (secondary N) is 2. The first-order valence-electron chi connectivity index (χ1n) is 8.43. The van der Waals surface area contributed by atoms with E-state index in [1.54, 1.807) is 24.3 Å². The van der Waals surface area contributed by atoms with Crippen molar-refractivity contribution in [1.82, 2.24) is 5.43 Å². The Bertz CT molecular complexity index is 911. The van der Waals surface area contributed by atoms with Crippen molar-refractivity contribution in [3.8, 4) is 0 Å². The number of hydrogen-bond donors (Lipinski definition) is 2. The molecule has 0 radical (unpaired) electrons. The molecule has 2 amide bonds. The number of amides is 2. The maximum Gasteiger partial charge on any atom is 0.271 e. The van der Waals surface area contributed by atoms with Crippen molar-refractivity contribution in [1.29, 1.82) is 0 Å². The molecule has 2 N–H and O–H groups in total. The minimum Gasteiger partial charge on any atom is -0.326 e. The third-order valence-corrected chi connectivity index (χ3v) is 3.93. The number of nitro benzene ring substituents is 1. The van der Waals surface area contributed by atoms with E-state index >= 15 is 0 Å². The molecule has 28 heavy (non-hydrogen) atoms. The predicted molar refractivity (Wildman–Crippen MR) is 108 cm³/mol. The summed E-state index contributed by atoms with van der Waals surface area (Å²) in [6.45, 7) is 3.91. The molecule has 0 saturated carbocycles. The molecule has 0 aliphatic heterocycles. The molecule has 0 atom stereocenters. The monoisotopic (exact) mass is 402 g/mol. The van der Waals surface area contributed by atoms with Gasteiger partial charge >= 0.3 is 0 Å². The average Bonchev–Trinajstić information content (AvgIpc) is 2.62. The number of hydrogen-bond acceptors (Lipinski definition) is 5. The van der Waals surface area contributed by atoms with Crippen LogP contribution in [0.15, 0.2) is 47.6 Å². The summed E-state index contributed by atoms with van der Waals surface area (Å²) in [7, 11) is 0. The van der Waals surface area contributed by atoms with Gasteiger partial charge in [0.15, 0.2) is 0 Å². The number of carbonyl (C=O) groups is 2. The second-order valence-electron chi connectivity index (χ2n) is 6.39. The highest BCUT2D eigenvalue weighted by atomic mass is 35.5. The van der Waals surface area contributed by atoms with Gasteiger partial charge in [-0.25, -0.2) is 5.43 Å². The molecular weight excluding hydrogens is 384 g/mol. The highest BCUT2D eigenvalue weighted by Crippen LogP contribution is 2.20. The molecule has 0 spiro atoms. The van der Waals surface area contributed by atoms with E-state index in [0.717, 1.165) is 0 Å². The Hall–Kier alpha value is -3.26. The van der Waals surface area contributed by atoms with E-state index in [9.17, 15) is 19.7 Å². The Morgan fingerprint density at radius 1 is 1.21 bits per heavy atom. The summed E-state index contributed by atoms with van der Waals surface area (Å²) >= 11 is 5.96. The summed E-state index contributed by atoms with van der Waals surface area (Å²) in [5, 5.41) is 17.6. The van der Waals surface area contributed by atoms with Gasteiger partial charge in [-0.2, -0.15) is 5.10 Å². The van der Waals surface area contributed by atoms with Crippen molar-refractivity contribution < 1.29 is 14.5 Å². The zero-order valence-electron chi connectivity index (χ0n) is 15.3. The van der Waals surface area contributed by atoms with Crippen molar-refractivity contribution in [3.63, 3.8) is 0 Å². The van der Waals surface area contributed by atoms with Crippen LogP contribution in [0, 0.1) is 16.0 Å². The van der Waals surface area contributed by atoms with Gasteiger partial charge in [0.25, 0.3) is 11.6 Å². The van der Waals surface area contributed by atoms with E-state index in [2.05, 4.69) is 15.8 Å². The second-order valence-corrected chi connectivity index (χ2v) is 6.79. The number of rotatable bonds is 7. The van der Waals surface area contributed by atoms with Gasteiger partial charge in [0.2, 0.25) is 5.91 Å². The maximum atomic E-state index is 12.1. The number of nitro groups is 1. The summed E-state index contributed by atoms with van der Waals surface area (Å²) in [5.74, 6) is -0.314.